The molecule has 0 spiro atoms. The van der Waals surface area contributed by atoms with E-state index in [2.05, 4.69) is 20.9 Å². The average Bonchev–Trinajstić information content (AvgIpc) is 3.53. The molecule has 1 aliphatic heterocycles. The Morgan fingerprint density at radius 1 is 1.14 bits per heavy atom. The van der Waals surface area contributed by atoms with Crippen LogP contribution >= 0.6 is 11.6 Å². The van der Waals surface area contributed by atoms with Crippen LogP contribution in [0.25, 0.3) is 10.9 Å². The van der Waals surface area contributed by atoms with E-state index in [4.69, 9.17) is 16.3 Å². The van der Waals surface area contributed by atoms with Crippen molar-refractivity contribution in [3.05, 3.63) is 28.9 Å². The van der Waals surface area contributed by atoms with Gasteiger partial charge in [0.15, 0.2) is 0 Å². The second-order valence-electron chi connectivity index (χ2n) is 9.23. The molecular weight excluding hydrogens is 476 g/mol. The minimum atomic E-state index is -1.23. The van der Waals surface area contributed by atoms with Crippen molar-refractivity contribution >= 4 is 46.2 Å². The van der Waals surface area contributed by atoms with Gasteiger partial charge in [0.2, 0.25) is 11.8 Å². The highest BCUT2D eigenvalue weighted by Crippen LogP contribution is 2.34. The van der Waals surface area contributed by atoms with Crippen molar-refractivity contribution in [2.45, 2.75) is 50.6 Å². The lowest BCUT2D eigenvalue weighted by molar-refractivity contribution is -0.143. The van der Waals surface area contributed by atoms with Gasteiger partial charge in [-0.05, 0) is 43.7 Å². The minimum Gasteiger partial charge on any atom is -0.497 e. The molecule has 2 fully saturated rings. The number of aliphatic carboxylic acids is 1. The van der Waals surface area contributed by atoms with Crippen molar-refractivity contribution in [1.82, 2.24) is 20.9 Å². The number of halogens is 1. The number of carboxylic acid groups (broad SMARTS) is 1. The van der Waals surface area contributed by atoms with Crippen LogP contribution in [-0.4, -0.2) is 59.5 Å². The number of aromatic nitrogens is 1. The molecule has 2 heterocycles. The standard InChI is InChI=1S/C24H29ClN4O6/c1-35-15-8-14-10-18(27-20(14)16(25)11-15)23(32)28-17(7-12-4-5-12)22(31)29-19(24(33)34)9-13-3-2-6-26-21(13)30/h8,10-13,17,19,27H,2-7,9H2,1H3,(H,26,30)(H,28,32)(H,29,31)(H,33,34). The zero-order chi connectivity index (χ0) is 25.1. The van der Waals surface area contributed by atoms with Crippen LogP contribution in [0.3, 0.4) is 0 Å². The number of nitrogens with one attached hydrogen (secondary N) is 4. The summed E-state index contributed by atoms with van der Waals surface area (Å²) in [7, 11) is 1.52. The van der Waals surface area contributed by atoms with Gasteiger partial charge in [-0.3, -0.25) is 14.4 Å². The Morgan fingerprint density at radius 2 is 1.91 bits per heavy atom. The first-order valence-corrected chi connectivity index (χ1v) is 12.1. The molecule has 0 bridgehead atoms. The fourth-order valence-electron chi connectivity index (χ4n) is 4.41. The van der Waals surface area contributed by atoms with Gasteiger partial charge in [0, 0.05) is 23.9 Å². The van der Waals surface area contributed by atoms with E-state index in [1.54, 1.807) is 18.2 Å². The number of carbonyl (C=O) groups is 4. The highest BCUT2D eigenvalue weighted by Gasteiger charge is 2.35. The molecule has 1 saturated carbocycles. The quantitative estimate of drug-likeness (QED) is 0.335. The molecule has 2 aromatic rings. The zero-order valence-corrected chi connectivity index (χ0v) is 20.1. The highest BCUT2D eigenvalue weighted by atomic mass is 35.5. The molecule has 11 heteroatoms. The number of carboxylic acids is 1. The van der Waals surface area contributed by atoms with E-state index in [0.717, 1.165) is 19.3 Å². The molecule has 1 aromatic carbocycles. The number of piperidine rings is 1. The van der Waals surface area contributed by atoms with Crippen molar-refractivity contribution in [3.8, 4) is 5.75 Å². The van der Waals surface area contributed by atoms with Crippen LogP contribution in [0.4, 0.5) is 0 Å². The Morgan fingerprint density at radius 3 is 2.57 bits per heavy atom. The molecule has 10 nitrogen and oxygen atoms in total. The first-order valence-electron chi connectivity index (χ1n) is 11.7. The fourth-order valence-corrected chi connectivity index (χ4v) is 4.67. The third kappa shape index (κ3) is 6.05. The van der Waals surface area contributed by atoms with E-state index in [1.165, 1.54) is 7.11 Å². The monoisotopic (exact) mass is 504 g/mol. The van der Waals surface area contributed by atoms with Crippen molar-refractivity contribution < 1.29 is 29.0 Å². The maximum absolute atomic E-state index is 13.1. The first-order chi connectivity index (χ1) is 16.7. The number of carbonyl (C=O) groups excluding carboxylic acids is 3. The number of ether oxygens (including phenoxy) is 1. The van der Waals surface area contributed by atoms with E-state index < -0.39 is 35.8 Å². The van der Waals surface area contributed by atoms with Gasteiger partial charge in [-0.2, -0.15) is 0 Å². The van der Waals surface area contributed by atoms with Crippen molar-refractivity contribution in [3.63, 3.8) is 0 Å². The van der Waals surface area contributed by atoms with Crippen molar-refractivity contribution in [2.75, 3.05) is 13.7 Å². The van der Waals surface area contributed by atoms with Crippen LogP contribution < -0.4 is 20.7 Å². The summed E-state index contributed by atoms with van der Waals surface area (Å²) >= 11 is 6.28. The third-order valence-corrected chi connectivity index (χ3v) is 6.85. The fraction of sp³-hybridized carbons (Fsp3) is 0.500. The lowest BCUT2D eigenvalue weighted by Crippen LogP contribution is -2.53. The Labute approximate surface area is 207 Å². The van der Waals surface area contributed by atoms with E-state index in [-0.39, 0.29) is 18.0 Å². The number of rotatable bonds is 10. The van der Waals surface area contributed by atoms with Crippen LogP contribution in [0.2, 0.25) is 5.02 Å². The van der Waals surface area contributed by atoms with Gasteiger partial charge in [-0.1, -0.05) is 24.4 Å². The molecule has 2 aliphatic rings. The molecule has 0 radical (unpaired) electrons. The van der Waals surface area contributed by atoms with Crippen molar-refractivity contribution in [1.29, 1.82) is 0 Å². The predicted molar refractivity (Wildman–Crippen MR) is 128 cm³/mol. The maximum atomic E-state index is 13.1. The Hall–Kier alpha value is -3.27. The number of H-pyrrole nitrogens is 1. The third-order valence-electron chi connectivity index (χ3n) is 6.56. The normalized spacial score (nSPS) is 19.5. The van der Waals surface area contributed by atoms with Crippen LogP contribution in [0, 0.1) is 11.8 Å². The molecule has 5 N–H and O–H groups in total. The SMILES string of the molecule is COc1cc(Cl)c2[nH]c(C(=O)NC(CC3CC3)C(=O)NC(CC3CCCNC3=O)C(=O)O)cc2c1. The van der Waals surface area contributed by atoms with Crippen LogP contribution in [0.1, 0.15) is 49.0 Å². The summed E-state index contributed by atoms with van der Waals surface area (Å²) in [4.78, 5) is 53.0. The number of hydrogen-bond donors (Lipinski definition) is 5. The Bertz CT molecular complexity index is 1140. The average molecular weight is 505 g/mol. The van der Waals surface area contributed by atoms with Crippen LogP contribution in [0.15, 0.2) is 18.2 Å². The van der Waals surface area contributed by atoms with E-state index in [0.29, 0.717) is 47.0 Å². The number of aromatic amines is 1. The minimum absolute atomic E-state index is 0.000643. The molecule has 1 aliphatic carbocycles. The molecule has 4 rings (SSSR count). The molecule has 188 valence electrons. The van der Waals surface area contributed by atoms with Gasteiger partial charge >= 0.3 is 5.97 Å². The van der Waals surface area contributed by atoms with Gasteiger partial charge in [0.1, 0.15) is 23.5 Å². The Kier molecular flexibility index (Phi) is 7.49. The van der Waals surface area contributed by atoms with Crippen LogP contribution in [-0.2, 0) is 14.4 Å². The molecular formula is C24H29ClN4O6. The molecule has 1 aromatic heterocycles. The molecule has 35 heavy (non-hydrogen) atoms. The number of benzene rings is 1. The van der Waals surface area contributed by atoms with E-state index in [1.807, 2.05) is 0 Å². The molecule has 3 atom stereocenters. The van der Waals surface area contributed by atoms with Gasteiger partial charge in [0.05, 0.1) is 17.6 Å². The lowest BCUT2D eigenvalue weighted by Gasteiger charge is -2.26. The Balaban J connectivity index is 1.47. The summed E-state index contributed by atoms with van der Waals surface area (Å²) in [5.74, 6) is -2.14. The van der Waals surface area contributed by atoms with Gasteiger partial charge in [-0.25, -0.2) is 4.79 Å². The number of hydrogen-bond acceptors (Lipinski definition) is 5. The number of amides is 3. The summed E-state index contributed by atoms with van der Waals surface area (Å²) in [6.07, 6.45) is 3.64. The number of methoxy groups -OCH3 is 1. The summed E-state index contributed by atoms with van der Waals surface area (Å²) in [5.41, 5.74) is 0.787. The summed E-state index contributed by atoms with van der Waals surface area (Å²) in [6.45, 7) is 0.570. The van der Waals surface area contributed by atoms with Crippen LogP contribution in [0.5, 0.6) is 5.75 Å². The summed E-state index contributed by atoms with van der Waals surface area (Å²) in [5, 5.41) is 18.7. The van der Waals surface area contributed by atoms with Crippen molar-refractivity contribution in [2.24, 2.45) is 11.8 Å². The van der Waals surface area contributed by atoms with Gasteiger partial charge < -0.3 is 30.8 Å². The number of fused-ring (bicyclic) bond motifs is 1. The van der Waals surface area contributed by atoms with Gasteiger partial charge in [0.25, 0.3) is 5.91 Å². The topological polar surface area (TPSA) is 150 Å². The highest BCUT2D eigenvalue weighted by molar-refractivity contribution is 6.35. The van der Waals surface area contributed by atoms with Gasteiger partial charge in [-0.15, -0.1) is 0 Å². The first kappa shape index (κ1) is 24.8. The maximum Gasteiger partial charge on any atom is 0.326 e. The second kappa shape index (κ2) is 10.6. The lowest BCUT2D eigenvalue weighted by atomic mass is 9.91. The zero-order valence-electron chi connectivity index (χ0n) is 19.4. The molecule has 3 amide bonds. The molecule has 1 saturated heterocycles. The predicted octanol–water partition coefficient (Wildman–Crippen LogP) is 2.21. The summed E-state index contributed by atoms with van der Waals surface area (Å²) < 4.78 is 5.21. The second-order valence-corrected chi connectivity index (χ2v) is 9.63. The smallest absolute Gasteiger partial charge is 0.326 e. The molecule has 3 unspecified atom stereocenters. The van der Waals surface area contributed by atoms with E-state index in [9.17, 15) is 24.3 Å². The largest absolute Gasteiger partial charge is 0.497 e. The summed E-state index contributed by atoms with van der Waals surface area (Å²) in [6, 6.07) is 2.85. The van der Waals surface area contributed by atoms with E-state index >= 15 is 0 Å².